The molecule has 0 saturated carbocycles. The fraction of sp³-hybridized carbons (Fsp3) is 0.379. The maximum atomic E-state index is 13.0. The van der Waals surface area contributed by atoms with Gasteiger partial charge in [-0.2, -0.15) is 0 Å². The topological polar surface area (TPSA) is 113 Å². The standard InChI is InChI=1S/C29H34N2O7/c1-19(30-27(34)37-18-20-11-7-6-8-12-20)25(32)16-21(26(33)36-5)15-22-17-31(28(35)38-29(2,3)4)24-14-10-9-13-23(22)24/h6-14,17,19,21H,15-16,18H2,1-5H3,(H,30,34)/t19-,21?/m0/s1. The van der Waals surface area contributed by atoms with Gasteiger partial charge in [0.2, 0.25) is 0 Å². The summed E-state index contributed by atoms with van der Waals surface area (Å²) in [5.74, 6) is -1.74. The lowest BCUT2D eigenvalue weighted by Crippen LogP contribution is -2.40. The van der Waals surface area contributed by atoms with Crippen molar-refractivity contribution < 1.29 is 33.4 Å². The van der Waals surface area contributed by atoms with Gasteiger partial charge in [0.1, 0.15) is 12.2 Å². The smallest absolute Gasteiger partial charge is 0.419 e. The lowest BCUT2D eigenvalue weighted by Gasteiger charge is -2.19. The summed E-state index contributed by atoms with van der Waals surface area (Å²) in [6.45, 7) is 6.95. The molecule has 1 heterocycles. The molecule has 1 amide bonds. The molecule has 3 aromatic rings. The molecule has 9 heteroatoms. The fourth-order valence-corrected chi connectivity index (χ4v) is 3.99. The third kappa shape index (κ3) is 7.68. The quantitative estimate of drug-likeness (QED) is 0.310. The van der Waals surface area contributed by atoms with Crippen molar-refractivity contribution in [1.82, 2.24) is 9.88 Å². The Morgan fingerprint density at radius 1 is 0.974 bits per heavy atom. The van der Waals surface area contributed by atoms with Gasteiger partial charge in [-0.3, -0.25) is 14.2 Å². The highest BCUT2D eigenvalue weighted by Gasteiger charge is 2.29. The molecule has 0 aliphatic rings. The van der Waals surface area contributed by atoms with Crippen LogP contribution in [0.5, 0.6) is 0 Å². The second-order valence-corrected chi connectivity index (χ2v) is 10.0. The van der Waals surface area contributed by atoms with E-state index < -0.39 is 35.7 Å². The number of fused-ring (bicyclic) bond motifs is 1. The Bertz CT molecular complexity index is 1290. The van der Waals surface area contributed by atoms with Crippen LogP contribution in [0.1, 0.15) is 45.2 Å². The van der Waals surface area contributed by atoms with Crippen LogP contribution in [0.3, 0.4) is 0 Å². The largest absolute Gasteiger partial charge is 0.469 e. The van der Waals surface area contributed by atoms with Crippen molar-refractivity contribution >= 4 is 34.8 Å². The van der Waals surface area contributed by atoms with Crippen LogP contribution in [0.4, 0.5) is 9.59 Å². The van der Waals surface area contributed by atoms with Gasteiger partial charge in [0.05, 0.1) is 24.6 Å². The molecule has 202 valence electrons. The Balaban J connectivity index is 1.71. The number of hydrogen-bond acceptors (Lipinski definition) is 7. The first-order chi connectivity index (χ1) is 18.0. The van der Waals surface area contributed by atoms with Crippen LogP contribution >= 0.6 is 0 Å². The normalized spacial score (nSPS) is 12.9. The first-order valence-corrected chi connectivity index (χ1v) is 12.4. The van der Waals surface area contributed by atoms with Crippen molar-refractivity contribution in [3.05, 3.63) is 71.9 Å². The second kappa shape index (κ2) is 12.4. The number of ketones is 1. The molecule has 1 aromatic heterocycles. The predicted octanol–water partition coefficient (Wildman–Crippen LogP) is 5.03. The lowest BCUT2D eigenvalue weighted by molar-refractivity contribution is -0.147. The average molecular weight is 523 g/mol. The number of Topliss-reactive ketones (excluding diaryl/α,β-unsaturated/α-hetero) is 1. The van der Waals surface area contributed by atoms with E-state index in [0.717, 1.165) is 10.9 Å². The van der Waals surface area contributed by atoms with E-state index >= 15 is 0 Å². The molecule has 0 fully saturated rings. The van der Waals surface area contributed by atoms with Gasteiger partial charge in [-0.05, 0) is 51.3 Å². The van der Waals surface area contributed by atoms with Gasteiger partial charge in [-0.15, -0.1) is 0 Å². The summed E-state index contributed by atoms with van der Waals surface area (Å²) in [6, 6.07) is 15.6. The van der Waals surface area contributed by atoms with Crippen molar-refractivity contribution in [2.75, 3.05) is 7.11 Å². The Labute approximate surface area is 222 Å². The number of nitrogens with one attached hydrogen (secondary N) is 1. The SMILES string of the molecule is COC(=O)C(CC(=O)[C@H](C)NC(=O)OCc1ccccc1)Cc1cn(C(=O)OC(C)(C)C)c2ccccc12. The molecule has 0 aliphatic carbocycles. The van der Waals surface area contributed by atoms with Gasteiger partial charge in [-0.1, -0.05) is 48.5 Å². The maximum absolute atomic E-state index is 13.0. The average Bonchev–Trinajstić information content (AvgIpc) is 3.24. The van der Waals surface area contributed by atoms with Crippen molar-refractivity contribution in [3.8, 4) is 0 Å². The molecule has 0 saturated heterocycles. The number of para-hydroxylation sites is 1. The van der Waals surface area contributed by atoms with Crippen molar-refractivity contribution in [3.63, 3.8) is 0 Å². The number of benzene rings is 2. The molecule has 1 N–H and O–H groups in total. The van der Waals surface area contributed by atoms with E-state index in [2.05, 4.69) is 5.32 Å². The van der Waals surface area contributed by atoms with Crippen molar-refractivity contribution in [2.24, 2.45) is 5.92 Å². The number of ether oxygens (including phenoxy) is 3. The summed E-state index contributed by atoms with van der Waals surface area (Å²) in [5.41, 5.74) is 1.45. The third-order valence-corrected chi connectivity index (χ3v) is 5.86. The lowest BCUT2D eigenvalue weighted by atomic mass is 9.92. The summed E-state index contributed by atoms with van der Waals surface area (Å²) in [5, 5.41) is 3.28. The summed E-state index contributed by atoms with van der Waals surface area (Å²) >= 11 is 0. The van der Waals surface area contributed by atoms with Gasteiger partial charge >= 0.3 is 18.2 Å². The highest BCUT2D eigenvalue weighted by atomic mass is 16.6. The van der Waals surface area contributed by atoms with Crippen LogP contribution in [0.15, 0.2) is 60.8 Å². The number of carbonyl (C=O) groups excluding carboxylic acids is 4. The van der Waals surface area contributed by atoms with Gasteiger partial charge < -0.3 is 19.5 Å². The fourth-order valence-electron chi connectivity index (χ4n) is 3.99. The first-order valence-electron chi connectivity index (χ1n) is 12.4. The zero-order chi connectivity index (χ0) is 27.9. The predicted molar refractivity (Wildman–Crippen MR) is 142 cm³/mol. The molecule has 9 nitrogen and oxygen atoms in total. The van der Waals surface area contributed by atoms with E-state index in [1.807, 2.05) is 42.5 Å². The van der Waals surface area contributed by atoms with Crippen molar-refractivity contribution in [1.29, 1.82) is 0 Å². The number of alkyl carbamates (subject to hydrolysis) is 1. The molecule has 1 unspecified atom stereocenters. The Morgan fingerprint density at radius 2 is 1.63 bits per heavy atom. The molecule has 0 bridgehead atoms. The second-order valence-electron chi connectivity index (χ2n) is 10.0. The van der Waals surface area contributed by atoms with Crippen LogP contribution < -0.4 is 5.32 Å². The summed E-state index contributed by atoms with van der Waals surface area (Å²) in [7, 11) is 1.26. The number of hydrogen-bond donors (Lipinski definition) is 1. The third-order valence-electron chi connectivity index (χ3n) is 5.86. The Hall–Kier alpha value is -4.14. The summed E-state index contributed by atoms with van der Waals surface area (Å²) in [4.78, 5) is 50.6. The molecular weight excluding hydrogens is 488 g/mol. The minimum atomic E-state index is -0.881. The number of aromatic nitrogens is 1. The van der Waals surface area contributed by atoms with Gasteiger partial charge in [0.15, 0.2) is 5.78 Å². The number of carbonyl (C=O) groups is 4. The van der Waals surface area contributed by atoms with E-state index in [1.54, 1.807) is 39.1 Å². The molecule has 38 heavy (non-hydrogen) atoms. The number of nitrogens with zero attached hydrogens (tertiary/aromatic N) is 1. The highest BCUT2D eigenvalue weighted by molar-refractivity contribution is 5.93. The Morgan fingerprint density at radius 3 is 2.29 bits per heavy atom. The molecule has 2 atom stereocenters. The van der Waals surface area contributed by atoms with Gasteiger partial charge in [0.25, 0.3) is 0 Å². The van der Waals surface area contributed by atoms with Gasteiger partial charge in [0, 0.05) is 18.0 Å². The summed E-state index contributed by atoms with van der Waals surface area (Å²) in [6.07, 6.45) is 0.336. The van der Waals surface area contributed by atoms with Crippen LogP contribution in [0.25, 0.3) is 10.9 Å². The monoisotopic (exact) mass is 522 g/mol. The summed E-state index contributed by atoms with van der Waals surface area (Å²) < 4.78 is 17.1. The highest BCUT2D eigenvalue weighted by Crippen LogP contribution is 2.26. The van der Waals surface area contributed by atoms with E-state index in [4.69, 9.17) is 14.2 Å². The van der Waals surface area contributed by atoms with E-state index in [9.17, 15) is 19.2 Å². The number of esters is 1. The zero-order valence-corrected chi connectivity index (χ0v) is 22.4. The maximum Gasteiger partial charge on any atom is 0.419 e. The molecule has 3 rings (SSSR count). The van der Waals surface area contributed by atoms with E-state index in [0.29, 0.717) is 11.1 Å². The molecule has 0 spiro atoms. The number of rotatable bonds is 9. The minimum absolute atomic E-state index is 0.0695. The first kappa shape index (κ1) is 28.4. The zero-order valence-electron chi connectivity index (χ0n) is 22.4. The van der Waals surface area contributed by atoms with Crippen LogP contribution in [0.2, 0.25) is 0 Å². The molecule has 2 aromatic carbocycles. The minimum Gasteiger partial charge on any atom is -0.469 e. The number of methoxy groups -OCH3 is 1. The van der Waals surface area contributed by atoms with Crippen LogP contribution in [-0.2, 0) is 36.8 Å². The molecule has 0 aliphatic heterocycles. The van der Waals surface area contributed by atoms with Gasteiger partial charge in [-0.25, -0.2) is 9.59 Å². The van der Waals surface area contributed by atoms with E-state index in [-0.39, 0.29) is 25.2 Å². The van der Waals surface area contributed by atoms with Crippen molar-refractivity contribution in [2.45, 2.75) is 58.8 Å². The molecule has 0 radical (unpaired) electrons. The van der Waals surface area contributed by atoms with E-state index in [1.165, 1.54) is 18.6 Å². The number of amides is 1. The van der Waals surface area contributed by atoms with Crippen LogP contribution in [0, 0.1) is 5.92 Å². The van der Waals surface area contributed by atoms with Crippen LogP contribution in [-0.4, -0.2) is 47.3 Å². The molecular formula is C29H34N2O7. The Kier molecular flexibility index (Phi) is 9.28.